The van der Waals surface area contributed by atoms with Crippen LogP contribution in [0.2, 0.25) is 0 Å². The van der Waals surface area contributed by atoms with Gasteiger partial charge in [0.05, 0.1) is 11.1 Å². The van der Waals surface area contributed by atoms with Crippen LogP contribution in [0.3, 0.4) is 0 Å². The van der Waals surface area contributed by atoms with Gasteiger partial charge in [-0.05, 0) is 37.6 Å². The number of carbonyl (C=O) groups is 1. The largest absolute Gasteiger partial charge is 0.369 e. The molecule has 1 saturated heterocycles. The van der Waals surface area contributed by atoms with Crippen LogP contribution in [-0.2, 0) is 0 Å². The number of primary amides is 1. The molecule has 1 aliphatic rings. The Morgan fingerprint density at radius 2 is 2.07 bits per heavy atom. The quantitative estimate of drug-likeness (QED) is 0.743. The minimum absolute atomic E-state index is 0.156. The van der Waals surface area contributed by atoms with Gasteiger partial charge in [-0.3, -0.25) is 4.79 Å². The number of halogens is 1. The van der Waals surface area contributed by atoms with Gasteiger partial charge >= 0.3 is 0 Å². The third kappa shape index (κ3) is 3.16. The maximum Gasteiger partial charge on any atom is 0.250 e. The second-order valence-corrected chi connectivity index (χ2v) is 6.75. The Bertz CT molecular complexity index is 1020. The third-order valence-corrected chi connectivity index (χ3v) is 5.04. The minimum atomic E-state index is -0.515. The van der Waals surface area contributed by atoms with Crippen molar-refractivity contribution in [2.75, 3.05) is 23.3 Å². The van der Waals surface area contributed by atoms with Crippen LogP contribution in [-0.4, -0.2) is 35.0 Å². The number of rotatable bonds is 4. The molecule has 0 radical (unpaired) electrons. The zero-order chi connectivity index (χ0) is 19.0. The molecular weight excluding hydrogens is 345 g/mol. The lowest BCUT2D eigenvalue weighted by molar-refractivity contribution is 0.100. The summed E-state index contributed by atoms with van der Waals surface area (Å²) in [5.74, 6) is -0.0329. The van der Waals surface area contributed by atoms with Crippen LogP contribution in [0.4, 0.5) is 15.9 Å². The summed E-state index contributed by atoms with van der Waals surface area (Å²) in [7, 11) is 0. The maximum absolute atomic E-state index is 13.9. The summed E-state index contributed by atoms with van der Waals surface area (Å²) in [5.41, 5.74) is 7.94. The van der Waals surface area contributed by atoms with E-state index in [0.717, 1.165) is 30.6 Å². The average Bonchev–Trinajstić information content (AvgIpc) is 3.12. The molecule has 27 heavy (non-hydrogen) atoms. The Morgan fingerprint density at radius 1 is 1.26 bits per heavy atom. The van der Waals surface area contributed by atoms with Crippen LogP contribution in [0, 0.1) is 12.7 Å². The number of hydrogen-bond acceptors (Lipinski definition) is 5. The molecule has 138 valence electrons. The van der Waals surface area contributed by atoms with Gasteiger partial charge in [0.25, 0.3) is 5.91 Å². The van der Waals surface area contributed by atoms with E-state index in [1.54, 1.807) is 25.1 Å². The maximum atomic E-state index is 13.9. The number of aromatic nitrogens is 2. The molecule has 0 saturated carbocycles. The molecule has 1 aromatic heterocycles. The summed E-state index contributed by atoms with van der Waals surface area (Å²) in [6, 6.07) is 10.6. The SMILES string of the molecule is Cc1c(F)cccc1N1CCC(Nc2ncnc3c(C(N)=O)cccc23)C1. The number of para-hydroxylation sites is 1. The highest BCUT2D eigenvalue weighted by atomic mass is 19.1. The number of fused-ring (bicyclic) bond motifs is 1. The van der Waals surface area contributed by atoms with E-state index in [2.05, 4.69) is 20.2 Å². The molecule has 0 spiro atoms. The lowest BCUT2D eigenvalue weighted by Crippen LogP contribution is -2.27. The van der Waals surface area contributed by atoms with Crippen molar-refractivity contribution in [3.8, 4) is 0 Å². The van der Waals surface area contributed by atoms with Gasteiger partial charge in [-0.2, -0.15) is 0 Å². The van der Waals surface area contributed by atoms with Crippen molar-refractivity contribution >= 4 is 28.3 Å². The minimum Gasteiger partial charge on any atom is -0.369 e. The molecular formula is C20H20FN5O. The predicted octanol–water partition coefficient (Wildman–Crippen LogP) is 2.87. The number of hydrogen-bond donors (Lipinski definition) is 2. The Morgan fingerprint density at radius 3 is 2.89 bits per heavy atom. The van der Waals surface area contributed by atoms with Crippen LogP contribution in [0.1, 0.15) is 22.3 Å². The van der Waals surface area contributed by atoms with Gasteiger partial charge in [0.2, 0.25) is 0 Å². The van der Waals surface area contributed by atoms with Crippen LogP contribution in [0.15, 0.2) is 42.7 Å². The first-order chi connectivity index (χ1) is 13.0. The number of benzene rings is 2. The molecule has 2 aromatic carbocycles. The van der Waals surface area contributed by atoms with E-state index in [4.69, 9.17) is 5.73 Å². The number of carbonyl (C=O) groups excluding carboxylic acids is 1. The monoisotopic (exact) mass is 365 g/mol. The van der Waals surface area contributed by atoms with Crippen LogP contribution >= 0.6 is 0 Å². The molecule has 4 rings (SSSR count). The highest BCUT2D eigenvalue weighted by Crippen LogP contribution is 2.28. The number of nitrogens with two attached hydrogens (primary N) is 1. The summed E-state index contributed by atoms with van der Waals surface area (Å²) in [4.78, 5) is 22.4. The van der Waals surface area contributed by atoms with Crippen LogP contribution < -0.4 is 16.0 Å². The van der Waals surface area contributed by atoms with E-state index in [1.165, 1.54) is 12.4 Å². The van der Waals surface area contributed by atoms with Gasteiger partial charge in [0, 0.05) is 35.8 Å². The summed E-state index contributed by atoms with van der Waals surface area (Å²) >= 11 is 0. The average molecular weight is 365 g/mol. The Kier molecular flexibility index (Phi) is 4.35. The van der Waals surface area contributed by atoms with Crippen molar-refractivity contribution < 1.29 is 9.18 Å². The Hall–Kier alpha value is -3.22. The topological polar surface area (TPSA) is 84.1 Å². The molecule has 7 heteroatoms. The van der Waals surface area contributed by atoms with Gasteiger partial charge in [-0.15, -0.1) is 0 Å². The molecule has 1 atom stereocenters. The predicted molar refractivity (Wildman–Crippen MR) is 103 cm³/mol. The fourth-order valence-corrected chi connectivity index (χ4v) is 3.63. The second kappa shape index (κ2) is 6.83. The van der Waals surface area contributed by atoms with E-state index in [1.807, 2.05) is 12.1 Å². The normalized spacial score (nSPS) is 16.7. The molecule has 2 heterocycles. The van der Waals surface area contributed by atoms with E-state index in [0.29, 0.717) is 22.5 Å². The van der Waals surface area contributed by atoms with E-state index in [-0.39, 0.29) is 11.9 Å². The first kappa shape index (κ1) is 17.2. The first-order valence-electron chi connectivity index (χ1n) is 8.84. The van der Waals surface area contributed by atoms with E-state index < -0.39 is 5.91 Å². The van der Waals surface area contributed by atoms with Crippen molar-refractivity contribution in [1.29, 1.82) is 0 Å². The zero-order valence-corrected chi connectivity index (χ0v) is 14.9. The molecule has 3 aromatic rings. The molecule has 6 nitrogen and oxygen atoms in total. The summed E-state index contributed by atoms with van der Waals surface area (Å²) in [6.07, 6.45) is 2.33. The lowest BCUT2D eigenvalue weighted by atomic mass is 10.1. The van der Waals surface area contributed by atoms with Crippen molar-refractivity contribution in [3.05, 3.63) is 59.7 Å². The van der Waals surface area contributed by atoms with Gasteiger partial charge in [0.1, 0.15) is 18.0 Å². The van der Waals surface area contributed by atoms with Crippen molar-refractivity contribution in [3.63, 3.8) is 0 Å². The fourth-order valence-electron chi connectivity index (χ4n) is 3.63. The fraction of sp³-hybridized carbons (Fsp3) is 0.250. The summed E-state index contributed by atoms with van der Waals surface area (Å²) < 4.78 is 13.9. The van der Waals surface area contributed by atoms with Crippen molar-refractivity contribution in [2.45, 2.75) is 19.4 Å². The highest BCUT2D eigenvalue weighted by Gasteiger charge is 2.25. The van der Waals surface area contributed by atoms with Gasteiger partial charge in [0.15, 0.2) is 0 Å². The number of anilines is 2. The first-order valence-corrected chi connectivity index (χ1v) is 8.84. The number of nitrogens with one attached hydrogen (secondary N) is 1. The zero-order valence-electron chi connectivity index (χ0n) is 14.9. The summed E-state index contributed by atoms with van der Waals surface area (Å²) in [6.45, 7) is 3.37. The van der Waals surface area contributed by atoms with E-state index >= 15 is 0 Å². The molecule has 0 aliphatic carbocycles. The molecule has 1 unspecified atom stereocenters. The van der Waals surface area contributed by atoms with E-state index in [9.17, 15) is 9.18 Å². The van der Waals surface area contributed by atoms with Crippen molar-refractivity contribution in [1.82, 2.24) is 9.97 Å². The Labute approximate surface area is 156 Å². The highest BCUT2D eigenvalue weighted by molar-refractivity contribution is 6.06. The molecule has 1 fully saturated rings. The second-order valence-electron chi connectivity index (χ2n) is 6.75. The molecule has 1 aliphatic heterocycles. The Balaban J connectivity index is 1.58. The number of nitrogens with zero attached hydrogens (tertiary/aromatic N) is 3. The standard InChI is InChI=1S/C20H20FN5O/c1-12-16(21)6-3-7-17(12)26-9-8-13(10-26)25-20-15-5-2-4-14(19(22)27)18(15)23-11-24-20/h2-7,11,13H,8-10H2,1H3,(H2,22,27)(H,23,24,25). The van der Waals surface area contributed by atoms with Gasteiger partial charge in [-0.25, -0.2) is 14.4 Å². The van der Waals surface area contributed by atoms with Crippen LogP contribution in [0.25, 0.3) is 10.9 Å². The smallest absolute Gasteiger partial charge is 0.250 e. The van der Waals surface area contributed by atoms with Crippen LogP contribution in [0.5, 0.6) is 0 Å². The molecule has 0 bridgehead atoms. The lowest BCUT2D eigenvalue weighted by Gasteiger charge is -2.21. The summed E-state index contributed by atoms with van der Waals surface area (Å²) in [5, 5.41) is 4.20. The molecule has 3 N–H and O–H groups in total. The molecule has 1 amide bonds. The van der Waals surface area contributed by atoms with Crippen molar-refractivity contribution in [2.24, 2.45) is 5.73 Å². The third-order valence-electron chi connectivity index (χ3n) is 5.04. The van der Waals surface area contributed by atoms with Gasteiger partial charge < -0.3 is 16.0 Å². The van der Waals surface area contributed by atoms with Gasteiger partial charge in [-0.1, -0.05) is 12.1 Å². The number of amides is 1.